The van der Waals surface area contributed by atoms with E-state index in [0.29, 0.717) is 27.6 Å². The second kappa shape index (κ2) is 6.12. The van der Waals surface area contributed by atoms with Crippen LogP contribution in [-0.2, 0) is 9.53 Å². The zero-order valence-corrected chi connectivity index (χ0v) is 11.8. The summed E-state index contributed by atoms with van der Waals surface area (Å²) in [5.41, 5.74) is 0.986. The summed E-state index contributed by atoms with van der Waals surface area (Å²) in [6.45, 7) is 0. The second-order valence-corrected chi connectivity index (χ2v) is 5.34. The van der Waals surface area contributed by atoms with E-state index < -0.39 is 5.97 Å². The highest BCUT2D eigenvalue weighted by molar-refractivity contribution is 8.04. The number of rotatable bonds is 3. The summed E-state index contributed by atoms with van der Waals surface area (Å²) in [4.78, 5) is 24.1. The predicted octanol–water partition coefficient (Wildman–Crippen LogP) is 2.59. The maximum absolute atomic E-state index is 12.1. The van der Waals surface area contributed by atoms with Crippen LogP contribution in [0.2, 0.25) is 5.02 Å². The molecule has 1 aliphatic rings. The lowest BCUT2D eigenvalue weighted by Crippen LogP contribution is -2.24. The number of amides is 1. The third-order valence-corrected chi connectivity index (χ3v) is 4.07. The van der Waals surface area contributed by atoms with Crippen LogP contribution in [0.15, 0.2) is 34.9 Å². The average molecular weight is 298 g/mol. The van der Waals surface area contributed by atoms with Gasteiger partial charge in [-0.2, -0.15) is 0 Å². The molecule has 2 rings (SSSR count). The van der Waals surface area contributed by atoms with Crippen molar-refractivity contribution in [2.75, 3.05) is 12.9 Å². The number of thioether (sulfide) groups is 1. The molecule has 0 bridgehead atoms. The van der Waals surface area contributed by atoms with Crippen LogP contribution in [0.1, 0.15) is 16.8 Å². The first-order valence-corrected chi connectivity index (χ1v) is 7.00. The van der Waals surface area contributed by atoms with Crippen molar-refractivity contribution >= 4 is 35.2 Å². The normalized spacial score (nSPS) is 14.4. The number of nitrogens with one attached hydrogen (secondary N) is 1. The molecule has 0 atom stereocenters. The van der Waals surface area contributed by atoms with E-state index >= 15 is 0 Å². The number of carbonyl (C=O) groups is 2. The maximum atomic E-state index is 12.1. The van der Waals surface area contributed by atoms with Gasteiger partial charge in [-0.25, -0.2) is 4.79 Å². The van der Waals surface area contributed by atoms with E-state index in [1.54, 1.807) is 24.3 Å². The fraction of sp³-hybridized carbons (Fsp3) is 0.231. The minimum atomic E-state index is -0.419. The van der Waals surface area contributed by atoms with E-state index in [0.717, 1.165) is 5.75 Å². The molecule has 0 aromatic heterocycles. The quantitative estimate of drug-likeness (QED) is 0.871. The van der Waals surface area contributed by atoms with E-state index in [2.05, 4.69) is 10.1 Å². The number of halogens is 1. The van der Waals surface area contributed by atoms with Crippen LogP contribution in [0.5, 0.6) is 0 Å². The lowest BCUT2D eigenvalue weighted by atomic mass is 10.2. The van der Waals surface area contributed by atoms with Crippen LogP contribution < -0.4 is 5.32 Å². The van der Waals surface area contributed by atoms with Crippen molar-refractivity contribution in [1.82, 2.24) is 5.32 Å². The fourth-order valence-electron chi connectivity index (χ4n) is 1.70. The van der Waals surface area contributed by atoms with Crippen molar-refractivity contribution in [3.63, 3.8) is 0 Å². The molecule has 6 heteroatoms. The molecule has 0 spiro atoms. The highest BCUT2D eigenvalue weighted by atomic mass is 35.5. The van der Waals surface area contributed by atoms with Gasteiger partial charge in [-0.05, 0) is 18.6 Å². The minimum absolute atomic E-state index is 0.315. The van der Waals surface area contributed by atoms with Crippen molar-refractivity contribution in [2.45, 2.75) is 6.42 Å². The standard InChI is InChI=1S/C13H12ClNO3S/c1-18-13(17)11-10(6-7-19-11)15-12(16)8-4-2-3-5-9(8)14/h2-5H,6-7H2,1H3,(H,15,16). The molecular formula is C13H12ClNO3S. The number of ether oxygens (including phenoxy) is 1. The number of allylic oxidation sites excluding steroid dienone is 1. The van der Waals surface area contributed by atoms with Gasteiger partial charge < -0.3 is 10.1 Å². The van der Waals surface area contributed by atoms with Crippen LogP contribution in [0.25, 0.3) is 0 Å². The molecule has 1 amide bonds. The Morgan fingerprint density at radius 1 is 1.37 bits per heavy atom. The van der Waals surface area contributed by atoms with Gasteiger partial charge in [0.2, 0.25) is 0 Å². The van der Waals surface area contributed by atoms with Gasteiger partial charge in [0.15, 0.2) is 0 Å². The highest BCUT2D eigenvalue weighted by Crippen LogP contribution is 2.31. The van der Waals surface area contributed by atoms with Gasteiger partial charge in [-0.15, -0.1) is 11.8 Å². The number of benzene rings is 1. The lowest BCUT2D eigenvalue weighted by molar-refractivity contribution is -0.135. The number of hydrogen-bond donors (Lipinski definition) is 1. The summed E-state index contributed by atoms with van der Waals surface area (Å²) >= 11 is 7.34. The first kappa shape index (κ1) is 14.0. The van der Waals surface area contributed by atoms with Gasteiger partial charge in [0.05, 0.1) is 17.7 Å². The number of hydrogen-bond acceptors (Lipinski definition) is 4. The van der Waals surface area contributed by atoms with E-state index in [9.17, 15) is 9.59 Å². The average Bonchev–Trinajstić information content (AvgIpc) is 2.86. The second-order valence-electron chi connectivity index (χ2n) is 3.83. The van der Waals surface area contributed by atoms with Crippen LogP contribution in [0.3, 0.4) is 0 Å². The molecule has 0 radical (unpaired) electrons. The SMILES string of the molecule is COC(=O)C1=C(NC(=O)c2ccccc2Cl)CCS1. The third kappa shape index (κ3) is 3.11. The van der Waals surface area contributed by atoms with Crippen molar-refractivity contribution in [3.8, 4) is 0 Å². The molecule has 1 N–H and O–H groups in total. The monoisotopic (exact) mass is 297 g/mol. The van der Waals surface area contributed by atoms with E-state index in [4.69, 9.17) is 11.6 Å². The molecule has 1 aromatic rings. The fourth-order valence-corrected chi connectivity index (χ4v) is 2.96. The van der Waals surface area contributed by atoms with Crippen LogP contribution >= 0.6 is 23.4 Å². The highest BCUT2D eigenvalue weighted by Gasteiger charge is 2.24. The first-order chi connectivity index (χ1) is 9.13. The lowest BCUT2D eigenvalue weighted by Gasteiger charge is -2.08. The summed E-state index contributed by atoms with van der Waals surface area (Å²) < 4.78 is 4.68. The first-order valence-electron chi connectivity index (χ1n) is 5.63. The molecule has 100 valence electrons. The molecule has 0 fully saturated rings. The Kier molecular flexibility index (Phi) is 4.50. The number of methoxy groups -OCH3 is 1. The number of carbonyl (C=O) groups excluding carboxylic acids is 2. The molecule has 0 saturated heterocycles. The Balaban J connectivity index is 2.19. The van der Waals surface area contributed by atoms with Crippen LogP contribution in [-0.4, -0.2) is 24.7 Å². The maximum Gasteiger partial charge on any atom is 0.346 e. The van der Waals surface area contributed by atoms with Crippen LogP contribution in [0.4, 0.5) is 0 Å². The molecule has 19 heavy (non-hydrogen) atoms. The number of esters is 1. The Bertz CT molecular complexity index is 557. The van der Waals surface area contributed by atoms with Crippen LogP contribution in [0, 0.1) is 0 Å². The van der Waals surface area contributed by atoms with Gasteiger partial charge in [-0.1, -0.05) is 23.7 Å². The van der Waals surface area contributed by atoms with E-state index in [1.807, 2.05) is 0 Å². The molecular weight excluding hydrogens is 286 g/mol. The minimum Gasteiger partial charge on any atom is -0.465 e. The van der Waals surface area contributed by atoms with Gasteiger partial charge in [0, 0.05) is 11.4 Å². The third-order valence-electron chi connectivity index (χ3n) is 2.63. The molecule has 1 aromatic carbocycles. The Morgan fingerprint density at radius 2 is 2.11 bits per heavy atom. The molecule has 0 aliphatic carbocycles. The van der Waals surface area contributed by atoms with Crippen molar-refractivity contribution in [1.29, 1.82) is 0 Å². The predicted molar refractivity (Wildman–Crippen MR) is 75.0 cm³/mol. The zero-order chi connectivity index (χ0) is 13.8. The summed E-state index contributed by atoms with van der Waals surface area (Å²) in [7, 11) is 1.32. The molecule has 0 saturated carbocycles. The Morgan fingerprint density at radius 3 is 2.79 bits per heavy atom. The summed E-state index contributed by atoms with van der Waals surface area (Å²) in [6, 6.07) is 6.77. The van der Waals surface area contributed by atoms with Crippen molar-refractivity contribution < 1.29 is 14.3 Å². The summed E-state index contributed by atoms with van der Waals surface area (Å²) in [5, 5.41) is 3.12. The topological polar surface area (TPSA) is 55.4 Å². The molecule has 1 heterocycles. The van der Waals surface area contributed by atoms with Gasteiger partial charge in [-0.3, -0.25) is 4.79 Å². The summed E-state index contributed by atoms with van der Waals surface area (Å²) in [5.74, 6) is 0.0178. The summed E-state index contributed by atoms with van der Waals surface area (Å²) in [6.07, 6.45) is 0.630. The van der Waals surface area contributed by atoms with Crippen molar-refractivity contribution in [3.05, 3.63) is 45.5 Å². The van der Waals surface area contributed by atoms with Crippen molar-refractivity contribution in [2.24, 2.45) is 0 Å². The zero-order valence-electron chi connectivity index (χ0n) is 10.2. The molecule has 4 nitrogen and oxygen atoms in total. The molecule has 0 unspecified atom stereocenters. The molecule has 1 aliphatic heterocycles. The van der Waals surface area contributed by atoms with Gasteiger partial charge >= 0.3 is 5.97 Å². The smallest absolute Gasteiger partial charge is 0.346 e. The Hall–Kier alpha value is -1.46. The Labute approximate surface area is 120 Å². The van der Waals surface area contributed by atoms with Gasteiger partial charge in [0.1, 0.15) is 4.91 Å². The van der Waals surface area contributed by atoms with E-state index in [-0.39, 0.29) is 5.91 Å². The largest absolute Gasteiger partial charge is 0.465 e. The van der Waals surface area contributed by atoms with E-state index in [1.165, 1.54) is 18.9 Å². The van der Waals surface area contributed by atoms with Gasteiger partial charge in [0.25, 0.3) is 5.91 Å².